The van der Waals surface area contributed by atoms with Gasteiger partial charge in [0.15, 0.2) is 5.78 Å². The molecule has 2 aliphatic heterocycles. The molecule has 4 rings (SSSR count). The monoisotopic (exact) mass is 371 g/mol. The Morgan fingerprint density at radius 2 is 2.15 bits per heavy atom. The fourth-order valence-electron chi connectivity index (χ4n) is 3.79. The van der Waals surface area contributed by atoms with Crippen LogP contribution in [0.1, 0.15) is 35.6 Å². The number of nitrogens with zero attached hydrogens (tertiary/aromatic N) is 2. The highest BCUT2D eigenvalue weighted by atomic mass is 32.1. The minimum absolute atomic E-state index is 0.0691. The summed E-state index contributed by atoms with van der Waals surface area (Å²) in [5.41, 5.74) is 8.16. The zero-order valence-corrected chi connectivity index (χ0v) is 15.3. The molecule has 0 unspecified atom stereocenters. The molecule has 0 aromatic carbocycles. The topological polar surface area (TPSA) is 88.6 Å². The number of carbonyl (C=O) groups excluding carboxylic acids is 1. The number of ether oxygens (including phenoxy) is 2. The van der Waals surface area contributed by atoms with Crippen molar-refractivity contribution in [2.75, 3.05) is 26.3 Å². The van der Waals surface area contributed by atoms with E-state index < -0.39 is 0 Å². The van der Waals surface area contributed by atoms with Crippen LogP contribution in [-0.2, 0) is 20.8 Å². The van der Waals surface area contributed by atoms with E-state index in [-0.39, 0.29) is 17.6 Å². The minimum Gasteiger partial charge on any atom is -0.444 e. The van der Waals surface area contributed by atoms with Crippen molar-refractivity contribution >= 4 is 17.1 Å². The molecule has 3 aliphatic rings. The van der Waals surface area contributed by atoms with Gasteiger partial charge in [-0.1, -0.05) is 0 Å². The van der Waals surface area contributed by atoms with Crippen molar-refractivity contribution in [3.05, 3.63) is 44.7 Å². The summed E-state index contributed by atoms with van der Waals surface area (Å²) in [6.07, 6.45) is 1.97. The normalized spacial score (nSPS) is 24.3. The number of Topliss-reactive ketones (excluding diaryl/α,β-unsaturated/α-hetero) is 1. The van der Waals surface area contributed by atoms with E-state index in [4.69, 9.17) is 15.2 Å². The second kappa shape index (κ2) is 7.23. The zero-order valence-electron chi connectivity index (χ0n) is 14.5. The number of rotatable bonds is 3. The van der Waals surface area contributed by atoms with Gasteiger partial charge < -0.3 is 15.2 Å². The van der Waals surface area contributed by atoms with E-state index in [1.54, 1.807) is 11.3 Å². The maximum atomic E-state index is 12.6. The van der Waals surface area contributed by atoms with Gasteiger partial charge in [0.2, 0.25) is 5.88 Å². The molecule has 26 heavy (non-hydrogen) atoms. The first-order chi connectivity index (χ1) is 12.7. The molecular formula is C19H21N3O3S. The van der Waals surface area contributed by atoms with Crippen LogP contribution >= 0.6 is 11.3 Å². The van der Waals surface area contributed by atoms with Crippen molar-refractivity contribution in [3.63, 3.8) is 0 Å². The molecule has 0 bridgehead atoms. The Balaban J connectivity index is 1.65. The van der Waals surface area contributed by atoms with E-state index in [1.807, 2.05) is 0 Å². The predicted octanol–water partition coefficient (Wildman–Crippen LogP) is 2.40. The molecule has 0 amide bonds. The SMILES string of the molecule is N#CC1=C(N)OC2=C(C(=O)CCC2)[C@@H]1c1cc(CN2CCOCC2)cs1. The number of morpholine rings is 1. The molecule has 2 N–H and O–H groups in total. The van der Waals surface area contributed by atoms with Gasteiger partial charge in [-0.05, 0) is 23.4 Å². The molecule has 1 fully saturated rings. The second-order valence-electron chi connectivity index (χ2n) is 6.78. The lowest BCUT2D eigenvalue weighted by molar-refractivity contribution is -0.116. The first-order valence-corrected chi connectivity index (χ1v) is 9.76. The van der Waals surface area contributed by atoms with Gasteiger partial charge >= 0.3 is 0 Å². The third kappa shape index (κ3) is 3.16. The molecule has 136 valence electrons. The summed E-state index contributed by atoms with van der Waals surface area (Å²) < 4.78 is 11.0. The quantitative estimate of drug-likeness (QED) is 0.878. The van der Waals surface area contributed by atoms with E-state index in [9.17, 15) is 10.1 Å². The van der Waals surface area contributed by atoms with Crippen LogP contribution in [0.4, 0.5) is 0 Å². The van der Waals surface area contributed by atoms with E-state index >= 15 is 0 Å². The van der Waals surface area contributed by atoms with Crippen molar-refractivity contribution in [2.24, 2.45) is 5.73 Å². The molecule has 0 spiro atoms. The van der Waals surface area contributed by atoms with Gasteiger partial charge in [-0.2, -0.15) is 5.26 Å². The lowest BCUT2D eigenvalue weighted by Gasteiger charge is -2.30. The summed E-state index contributed by atoms with van der Waals surface area (Å²) in [6.45, 7) is 4.22. The maximum absolute atomic E-state index is 12.6. The van der Waals surface area contributed by atoms with Gasteiger partial charge in [0.05, 0.1) is 19.1 Å². The summed E-state index contributed by atoms with van der Waals surface area (Å²) in [7, 11) is 0. The van der Waals surface area contributed by atoms with Crippen molar-refractivity contribution < 1.29 is 14.3 Å². The molecular weight excluding hydrogens is 350 g/mol. The van der Waals surface area contributed by atoms with E-state index in [0.717, 1.165) is 44.1 Å². The fraction of sp³-hybridized carbons (Fsp3) is 0.474. The summed E-state index contributed by atoms with van der Waals surface area (Å²) in [5.74, 6) is 0.458. The van der Waals surface area contributed by atoms with Gasteiger partial charge in [-0.25, -0.2) is 0 Å². The van der Waals surface area contributed by atoms with Crippen LogP contribution in [0.5, 0.6) is 0 Å². The predicted molar refractivity (Wildman–Crippen MR) is 97.0 cm³/mol. The third-order valence-corrected chi connectivity index (χ3v) is 6.12. The Hall–Kier alpha value is -2.14. The lowest BCUT2D eigenvalue weighted by atomic mass is 9.80. The van der Waals surface area contributed by atoms with Crippen molar-refractivity contribution in [1.82, 2.24) is 4.90 Å². The van der Waals surface area contributed by atoms with Gasteiger partial charge in [-0.15, -0.1) is 11.3 Å². The number of nitrogens with two attached hydrogens (primary N) is 1. The molecule has 1 atom stereocenters. The van der Waals surface area contributed by atoms with Crippen LogP contribution in [0, 0.1) is 11.3 Å². The smallest absolute Gasteiger partial charge is 0.205 e. The van der Waals surface area contributed by atoms with Crippen molar-refractivity contribution in [1.29, 1.82) is 5.26 Å². The van der Waals surface area contributed by atoms with Crippen LogP contribution in [0.2, 0.25) is 0 Å². The van der Waals surface area contributed by atoms with E-state index in [1.165, 1.54) is 5.56 Å². The minimum atomic E-state index is -0.389. The number of allylic oxidation sites excluding steroid dienone is 3. The van der Waals surface area contributed by atoms with Crippen molar-refractivity contribution in [2.45, 2.75) is 31.7 Å². The molecule has 1 saturated heterocycles. The second-order valence-corrected chi connectivity index (χ2v) is 7.73. The molecule has 7 heteroatoms. The van der Waals surface area contributed by atoms with Gasteiger partial charge in [0.25, 0.3) is 0 Å². The average molecular weight is 371 g/mol. The Labute approximate surface area is 156 Å². The number of hydrogen-bond donors (Lipinski definition) is 1. The Morgan fingerprint density at radius 3 is 2.92 bits per heavy atom. The number of carbonyl (C=O) groups is 1. The first-order valence-electron chi connectivity index (χ1n) is 8.88. The molecule has 6 nitrogen and oxygen atoms in total. The highest BCUT2D eigenvalue weighted by molar-refractivity contribution is 7.10. The molecule has 0 saturated carbocycles. The Morgan fingerprint density at radius 1 is 1.35 bits per heavy atom. The van der Waals surface area contributed by atoms with E-state index in [2.05, 4.69) is 22.4 Å². The standard InChI is InChI=1S/C19H21N3O3S/c20-9-13-17(18-14(23)2-1-3-15(18)25-19(13)21)16-8-12(11-26-16)10-22-4-6-24-7-5-22/h8,11,17H,1-7,10,21H2/t17-/m0/s1. The Kier molecular flexibility index (Phi) is 4.81. The van der Waals surface area contributed by atoms with Crippen LogP contribution in [0.25, 0.3) is 0 Å². The highest BCUT2D eigenvalue weighted by Gasteiger charge is 2.38. The number of ketones is 1. The zero-order chi connectivity index (χ0) is 18.1. The summed E-state index contributed by atoms with van der Waals surface area (Å²) in [4.78, 5) is 15.9. The summed E-state index contributed by atoms with van der Waals surface area (Å²) >= 11 is 1.58. The van der Waals surface area contributed by atoms with Crippen LogP contribution in [-0.4, -0.2) is 37.0 Å². The molecule has 1 aliphatic carbocycles. The van der Waals surface area contributed by atoms with Gasteiger partial charge in [0.1, 0.15) is 17.4 Å². The first kappa shape index (κ1) is 17.3. The third-order valence-electron chi connectivity index (χ3n) is 5.07. The molecule has 1 aromatic heterocycles. The summed E-state index contributed by atoms with van der Waals surface area (Å²) in [6, 6.07) is 4.27. The maximum Gasteiger partial charge on any atom is 0.205 e. The van der Waals surface area contributed by atoms with Gasteiger partial charge in [0, 0.05) is 42.9 Å². The summed E-state index contributed by atoms with van der Waals surface area (Å²) in [5, 5.41) is 11.7. The lowest BCUT2D eigenvalue weighted by Crippen LogP contribution is -2.35. The van der Waals surface area contributed by atoms with Crippen LogP contribution < -0.4 is 5.73 Å². The number of hydrogen-bond acceptors (Lipinski definition) is 7. The Bertz CT molecular complexity index is 827. The van der Waals surface area contributed by atoms with Crippen LogP contribution in [0.3, 0.4) is 0 Å². The highest BCUT2D eigenvalue weighted by Crippen LogP contribution is 2.45. The largest absolute Gasteiger partial charge is 0.444 e. The average Bonchev–Trinajstić information content (AvgIpc) is 3.10. The molecule has 3 heterocycles. The van der Waals surface area contributed by atoms with Gasteiger partial charge in [-0.3, -0.25) is 9.69 Å². The van der Waals surface area contributed by atoms with Crippen LogP contribution in [0.15, 0.2) is 34.2 Å². The number of nitriles is 1. The molecule has 0 radical (unpaired) electrons. The molecule has 1 aromatic rings. The van der Waals surface area contributed by atoms with E-state index in [0.29, 0.717) is 29.7 Å². The van der Waals surface area contributed by atoms with Crippen molar-refractivity contribution in [3.8, 4) is 6.07 Å². The number of thiophene rings is 1. The fourth-order valence-corrected chi connectivity index (χ4v) is 4.81.